The topological polar surface area (TPSA) is 105 Å². The number of amides is 3. The van der Waals surface area contributed by atoms with Gasteiger partial charge in [0.25, 0.3) is 5.91 Å². The molecule has 9 nitrogen and oxygen atoms in total. The van der Waals surface area contributed by atoms with Crippen molar-refractivity contribution in [3.8, 4) is 5.75 Å². The van der Waals surface area contributed by atoms with Crippen LogP contribution in [-0.4, -0.2) is 68.8 Å². The van der Waals surface area contributed by atoms with Crippen LogP contribution in [0.1, 0.15) is 71.9 Å². The number of nitrogens with zero attached hydrogens (tertiary/aromatic N) is 4. The van der Waals surface area contributed by atoms with Gasteiger partial charge in [-0.1, -0.05) is 6.42 Å². The van der Waals surface area contributed by atoms with E-state index in [9.17, 15) is 14.4 Å². The molecule has 2 aromatic rings. The number of rotatable bonds is 5. The van der Waals surface area contributed by atoms with Gasteiger partial charge in [-0.3, -0.25) is 24.6 Å². The van der Waals surface area contributed by atoms with E-state index in [-0.39, 0.29) is 30.2 Å². The van der Waals surface area contributed by atoms with Gasteiger partial charge in [-0.15, -0.1) is 0 Å². The number of aromatic nitrogens is 2. The van der Waals surface area contributed by atoms with Gasteiger partial charge in [0.15, 0.2) is 0 Å². The number of ether oxygens (including phenoxy) is 1. The lowest BCUT2D eigenvalue weighted by atomic mass is 9.85. The molecule has 3 amide bonds. The van der Waals surface area contributed by atoms with E-state index in [1.165, 1.54) is 6.42 Å². The van der Waals surface area contributed by atoms with Crippen LogP contribution in [0.2, 0.25) is 0 Å². The van der Waals surface area contributed by atoms with Crippen molar-refractivity contribution in [2.45, 2.75) is 76.1 Å². The van der Waals surface area contributed by atoms with Crippen molar-refractivity contribution in [1.82, 2.24) is 25.1 Å². The summed E-state index contributed by atoms with van der Waals surface area (Å²) in [7, 11) is 0. The van der Waals surface area contributed by atoms with Crippen molar-refractivity contribution in [2.24, 2.45) is 0 Å². The number of likely N-dealkylation sites (tertiary alicyclic amines) is 1. The lowest BCUT2D eigenvalue weighted by Gasteiger charge is -2.48. The Morgan fingerprint density at radius 2 is 1.89 bits per heavy atom. The Bertz CT molecular complexity index is 1210. The van der Waals surface area contributed by atoms with Crippen LogP contribution in [0.15, 0.2) is 30.5 Å². The second-order valence-corrected chi connectivity index (χ2v) is 10.4. The standard InChI is InChI=1S/C27H31N5O4/c1-16-28-11-10-21(29-16)18-13-31(14-18)22-4-2-3-5-24(22)36-19-6-7-20-17(12-19)15-32(27(20)35)23-8-9-25(33)30-26(23)34/h6-7,10-12,18,22-24H,2-5,8-9,13-15H2,1H3,(H,30,33,34)/t22-,23?,24+/m1/s1. The van der Waals surface area contributed by atoms with Crippen LogP contribution in [0, 0.1) is 6.92 Å². The molecule has 9 heteroatoms. The van der Waals surface area contributed by atoms with E-state index in [1.807, 2.05) is 37.4 Å². The first-order chi connectivity index (χ1) is 17.5. The quantitative estimate of drug-likeness (QED) is 0.643. The third kappa shape index (κ3) is 4.25. The number of imide groups is 1. The first kappa shape index (κ1) is 23.1. The number of hydrogen-bond donors (Lipinski definition) is 1. The maximum Gasteiger partial charge on any atom is 0.255 e. The van der Waals surface area contributed by atoms with Gasteiger partial charge in [-0.2, -0.15) is 0 Å². The summed E-state index contributed by atoms with van der Waals surface area (Å²) in [6.07, 6.45) is 7.05. The van der Waals surface area contributed by atoms with Gasteiger partial charge in [0, 0.05) is 55.5 Å². The van der Waals surface area contributed by atoms with Gasteiger partial charge in [0.1, 0.15) is 23.7 Å². The summed E-state index contributed by atoms with van der Waals surface area (Å²) < 4.78 is 6.54. The van der Waals surface area contributed by atoms with Crippen LogP contribution >= 0.6 is 0 Å². The average molecular weight is 490 g/mol. The van der Waals surface area contributed by atoms with E-state index >= 15 is 0 Å². The van der Waals surface area contributed by atoms with Gasteiger partial charge in [0.05, 0.1) is 0 Å². The predicted octanol–water partition coefficient (Wildman–Crippen LogP) is 2.34. The summed E-state index contributed by atoms with van der Waals surface area (Å²) in [5.74, 6) is 1.20. The van der Waals surface area contributed by atoms with E-state index < -0.39 is 6.04 Å². The van der Waals surface area contributed by atoms with Crippen molar-refractivity contribution in [3.05, 3.63) is 53.1 Å². The van der Waals surface area contributed by atoms with E-state index in [1.54, 1.807) is 4.90 Å². The number of carbonyl (C=O) groups is 3. The number of fused-ring (bicyclic) bond motifs is 1. The van der Waals surface area contributed by atoms with Crippen molar-refractivity contribution in [3.63, 3.8) is 0 Å². The maximum atomic E-state index is 13.0. The lowest BCUT2D eigenvalue weighted by Crippen LogP contribution is -2.57. The molecule has 4 heterocycles. The zero-order valence-electron chi connectivity index (χ0n) is 20.5. The molecule has 1 aromatic carbocycles. The van der Waals surface area contributed by atoms with Gasteiger partial charge in [0.2, 0.25) is 11.8 Å². The molecule has 4 aliphatic rings. The molecule has 3 atom stereocenters. The molecule has 188 valence electrons. The fraction of sp³-hybridized carbons (Fsp3) is 0.519. The Morgan fingerprint density at radius 3 is 2.69 bits per heavy atom. The monoisotopic (exact) mass is 489 g/mol. The predicted molar refractivity (Wildman–Crippen MR) is 130 cm³/mol. The van der Waals surface area contributed by atoms with Crippen molar-refractivity contribution in [1.29, 1.82) is 0 Å². The van der Waals surface area contributed by atoms with E-state index in [2.05, 4.69) is 20.2 Å². The van der Waals surface area contributed by atoms with E-state index in [0.717, 1.165) is 55.2 Å². The van der Waals surface area contributed by atoms with Gasteiger partial charge < -0.3 is 9.64 Å². The number of piperidine rings is 1. The Balaban J connectivity index is 1.12. The Labute approximate surface area is 210 Å². The molecular formula is C27H31N5O4. The normalized spacial score (nSPS) is 27.0. The second kappa shape index (κ2) is 9.28. The minimum Gasteiger partial charge on any atom is -0.489 e. The molecule has 3 fully saturated rings. The second-order valence-electron chi connectivity index (χ2n) is 10.4. The van der Waals surface area contributed by atoms with Crippen molar-refractivity contribution >= 4 is 17.7 Å². The summed E-state index contributed by atoms with van der Waals surface area (Å²) in [4.78, 5) is 49.7. The molecule has 36 heavy (non-hydrogen) atoms. The SMILES string of the molecule is Cc1nccc(C2CN([C@@H]3CCCC[C@@H]3Oc3ccc4c(c3)CN(C3CCC(=O)NC3=O)C4=O)C2)n1. The third-order valence-corrected chi connectivity index (χ3v) is 8.04. The number of carbonyl (C=O) groups excluding carboxylic acids is 3. The number of benzene rings is 1. The first-order valence-electron chi connectivity index (χ1n) is 12.9. The Morgan fingerprint density at radius 1 is 1.06 bits per heavy atom. The fourth-order valence-corrected chi connectivity index (χ4v) is 6.10. The molecule has 6 rings (SSSR count). The molecule has 1 N–H and O–H groups in total. The zero-order valence-corrected chi connectivity index (χ0v) is 20.5. The van der Waals surface area contributed by atoms with Crippen molar-refractivity contribution in [2.75, 3.05) is 13.1 Å². The number of aryl methyl sites for hydroxylation is 1. The largest absolute Gasteiger partial charge is 0.489 e. The van der Waals surface area contributed by atoms with E-state index in [4.69, 9.17) is 4.74 Å². The summed E-state index contributed by atoms with van der Waals surface area (Å²) in [6, 6.07) is 7.43. The number of hydrogen-bond acceptors (Lipinski definition) is 7. The highest BCUT2D eigenvalue weighted by Gasteiger charge is 2.41. The molecule has 1 unspecified atom stereocenters. The molecule has 0 bridgehead atoms. The van der Waals surface area contributed by atoms with Gasteiger partial charge in [-0.05, 0) is 62.4 Å². The first-order valence-corrected chi connectivity index (χ1v) is 12.9. The minimum absolute atomic E-state index is 0.105. The average Bonchev–Trinajstić information content (AvgIpc) is 3.15. The summed E-state index contributed by atoms with van der Waals surface area (Å²) in [6.45, 7) is 4.26. The van der Waals surface area contributed by atoms with Gasteiger partial charge >= 0.3 is 0 Å². The van der Waals surface area contributed by atoms with Crippen LogP contribution in [0.5, 0.6) is 5.75 Å². The highest BCUT2D eigenvalue weighted by Crippen LogP contribution is 2.36. The van der Waals surface area contributed by atoms with Crippen LogP contribution < -0.4 is 10.1 Å². The molecule has 0 spiro atoms. The van der Waals surface area contributed by atoms with Crippen LogP contribution in [0.25, 0.3) is 0 Å². The lowest BCUT2D eigenvalue weighted by molar-refractivity contribution is -0.136. The Hall–Kier alpha value is -3.33. The third-order valence-electron chi connectivity index (χ3n) is 8.04. The zero-order chi connectivity index (χ0) is 24.8. The highest BCUT2D eigenvalue weighted by atomic mass is 16.5. The molecule has 0 radical (unpaired) electrons. The van der Waals surface area contributed by atoms with Crippen LogP contribution in [-0.2, 0) is 16.1 Å². The maximum absolute atomic E-state index is 13.0. The van der Waals surface area contributed by atoms with Crippen molar-refractivity contribution < 1.29 is 19.1 Å². The summed E-state index contributed by atoms with van der Waals surface area (Å²) in [5, 5.41) is 2.35. The van der Waals surface area contributed by atoms with Crippen LogP contribution in [0.3, 0.4) is 0 Å². The van der Waals surface area contributed by atoms with E-state index in [0.29, 0.717) is 30.5 Å². The molecule has 1 aromatic heterocycles. The highest BCUT2D eigenvalue weighted by molar-refractivity contribution is 6.05. The Kier molecular flexibility index (Phi) is 5.95. The summed E-state index contributed by atoms with van der Waals surface area (Å²) >= 11 is 0. The molecular weight excluding hydrogens is 458 g/mol. The molecule has 3 aliphatic heterocycles. The van der Waals surface area contributed by atoms with Gasteiger partial charge in [-0.25, -0.2) is 9.97 Å². The molecule has 1 saturated carbocycles. The minimum atomic E-state index is -0.604. The van der Waals surface area contributed by atoms with Crippen LogP contribution in [0.4, 0.5) is 0 Å². The molecule has 1 aliphatic carbocycles. The smallest absolute Gasteiger partial charge is 0.255 e. The summed E-state index contributed by atoms with van der Waals surface area (Å²) in [5.41, 5.74) is 2.60. The fourth-order valence-electron chi connectivity index (χ4n) is 6.10. The number of nitrogens with one attached hydrogen (secondary N) is 1. The molecule has 2 saturated heterocycles.